The summed E-state index contributed by atoms with van der Waals surface area (Å²) in [5.41, 5.74) is 0. The van der Waals surface area contributed by atoms with Crippen molar-refractivity contribution in [3.8, 4) is 0 Å². The summed E-state index contributed by atoms with van der Waals surface area (Å²) in [6, 6.07) is 0. The quantitative estimate of drug-likeness (QED) is 0.635. The number of rotatable bonds is 2. The minimum atomic E-state index is 0. The van der Waals surface area contributed by atoms with Crippen molar-refractivity contribution in [3.63, 3.8) is 0 Å². The Morgan fingerprint density at radius 3 is 1.91 bits per heavy atom. The first-order chi connectivity index (χ1) is 4.68. The zero-order valence-electron chi connectivity index (χ0n) is 8.22. The van der Waals surface area contributed by atoms with Crippen molar-refractivity contribution < 1.29 is 32.7 Å². The van der Waals surface area contributed by atoms with E-state index in [1.165, 1.54) is 0 Å². The smallest absolute Gasteiger partial charge is 0.500 e. The molecule has 0 saturated carbocycles. The monoisotopic (exact) mass is 228 g/mol. The first-order valence-corrected chi connectivity index (χ1v) is 3.79. The molecule has 0 heterocycles. The van der Waals surface area contributed by atoms with Crippen LogP contribution in [0.2, 0.25) is 0 Å². The van der Waals surface area contributed by atoms with Gasteiger partial charge in [0.25, 0.3) is 0 Å². The Hall–Kier alpha value is 0.844. The molecular weight excluding hydrogens is 209 g/mol. The molecule has 0 aliphatic carbocycles. The van der Waals surface area contributed by atoms with Crippen LogP contribution < -0.4 is 0 Å². The second kappa shape index (κ2) is 17.1. The Morgan fingerprint density at radius 2 is 1.82 bits per heavy atom. The third-order valence-electron chi connectivity index (χ3n) is 0.596. The second-order valence-corrected chi connectivity index (χ2v) is 2.39. The molecule has 0 aliphatic rings. The molecule has 0 rings (SSSR count). The minimum Gasteiger partial charge on any atom is -0.500 e. The first kappa shape index (κ1) is 17.8. The van der Waals surface area contributed by atoms with E-state index in [0.717, 1.165) is 6.42 Å². The van der Waals surface area contributed by atoms with Gasteiger partial charge in [-0.2, -0.15) is 26.2 Å². The van der Waals surface area contributed by atoms with Gasteiger partial charge in [-0.3, -0.25) is 6.08 Å². The molecule has 0 unspecified atom stereocenters. The van der Waals surface area contributed by atoms with Gasteiger partial charge in [-0.05, 0) is 0 Å². The van der Waals surface area contributed by atoms with Gasteiger partial charge in [0.05, 0.1) is 0 Å². The van der Waals surface area contributed by atoms with Crippen LogP contribution in [0.3, 0.4) is 0 Å². The van der Waals surface area contributed by atoms with Gasteiger partial charge in [-0.25, -0.2) is 0 Å². The molecule has 0 aromatic carbocycles. The summed E-state index contributed by atoms with van der Waals surface area (Å²) in [4.78, 5) is 0. The van der Waals surface area contributed by atoms with E-state index >= 15 is 0 Å². The molecule has 0 atom stereocenters. The van der Waals surface area contributed by atoms with E-state index < -0.39 is 0 Å². The zero-order valence-corrected chi connectivity index (χ0v) is 11.1. The van der Waals surface area contributed by atoms with Crippen molar-refractivity contribution in [2.24, 2.45) is 5.92 Å². The van der Waals surface area contributed by atoms with E-state index in [4.69, 9.17) is 0 Å². The van der Waals surface area contributed by atoms with Crippen molar-refractivity contribution in [2.45, 2.75) is 34.1 Å². The molecule has 0 radical (unpaired) electrons. The van der Waals surface area contributed by atoms with Gasteiger partial charge in [0, 0.05) is 0 Å². The van der Waals surface area contributed by atoms with E-state index in [-0.39, 0.29) is 32.7 Å². The minimum absolute atomic E-state index is 0. The maximum atomic E-state index is 3.64. The van der Waals surface area contributed by atoms with Crippen LogP contribution in [0.15, 0.2) is 6.08 Å². The van der Waals surface area contributed by atoms with Gasteiger partial charge < -0.3 is 19.4 Å². The molecule has 0 fully saturated rings. The maximum absolute atomic E-state index is 3.64. The molecule has 0 bridgehead atoms. The topological polar surface area (TPSA) is 0 Å². The average molecular weight is 228 g/mol. The molecule has 1 heteroatoms. The Balaban J connectivity index is -0.000000140. The summed E-state index contributed by atoms with van der Waals surface area (Å²) in [5, 5.41) is 0. The largest absolute Gasteiger partial charge is 3.00 e. The summed E-state index contributed by atoms with van der Waals surface area (Å²) in [6.45, 7) is 11.8. The zero-order chi connectivity index (χ0) is 8.41. The van der Waals surface area contributed by atoms with Gasteiger partial charge >= 0.3 is 32.7 Å². The molecule has 0 aromatic heterocycles. The molecule has 0 aromatic rings. The molecule has 0 nitrogen and oxygen atoms in total. The van der Waals surface area contributed by atoms with Crippen LogP contribution in [0.4, 0.5) is 0 Å². The standard InChI is InChI=1S/C7H12.C3H7.Y/c1-4-5-6-7(2)3;1-3-2;/h5,7H,1,4H2,2-3H3;3H,1-2H3;/q-2;-1;+3. The van der Waals surface area contributed by atoms with Crippen molar-refractivity contribution in [1.29, 1.82) is 0 Å². The fraction of sp³-hybridized carbons (Fsp3) is 0.600. The van der Waals surface area contributed by atoms with E-state index in [9.17, 15) is 0 Å². The fourth-order valence-corrected chi connectivity index (χ4v) is 0.319. The second-order valence-electron chi connectivity index (χ2n) is 2.39. The molecular formula is C10H19Y. The van der Waals surface area contributed by atoms with Crippen LogP contribution >= 0.6 is 0 Å². The van der Waals surface area contributed by atoms with E-state index in [0.29, 0.717) is 5.92 Å². The molecule has 11 heavy (non-hydrogen) atoms. The van der Waals surface area contributed by atoms with Crippen molar-refractivity contribution >= 4 is 0 Å². The van der Waals surface area contributed by atoms with Crippen LogP contribution in [0.1, 0.15) is 34.1 Å². The summed E-state index contributed by atoms with van der Waals surface area (Å²) < 4.78 is 0. The molecule has 0 amide bonds. The average Bonchev–Trinajstić information content (AvgIpc) is 1.85. The molecule has 0 aliphatic heterocycles. The summed E-state index contributed by atoms with van der Waals surface area (Å²) >= 11 is 0. The summed E-state index contributed by atoms with van der Waals surface area (Å²) in [7, 11) is 0. The first-order valence-electron chi connectivity index (χ1n) is 3.79. The fourth-order valence-electron chi connectivity index (χ4n) is 0.319. The number of allylic oxidation sites excluding steroid dienone is 2. The third kappa shape index (κ3) is 36.1. The van der Waals surface area contributed by atoms with E-state index in [1.54, 1.807) is 0 Å². The van der Waals surface area contributed by atoms with Crippen LogP contribution in [0.5, 0.6) is 0 Å². The predicted molar refractivity (Wildman–Crippen MR) is 48.3 cm³/mol. The van der Waals surface area contributed by atoms with Gasteiger partial charge in [0.2, 0.25) is 0 Å². The molecule has 0 saturated heterocycles. The van der Waals surface area contributed by atoms with Crippen LogP contribution in [-0.2, 0) is 32.7 Å². The van der Waals surface area contributed by atoms with Crippen molar-refractivity contribution in [2.75, 3.05) is 0 Å². The Labute approximate surface area is 97.7 Å². The predicted octanol–water partition coefficient (Wildman–Crippen LogP) is 3.45. The van der Waals surface area contributed by atoms with Crippen LogP contribution in [-0.4, -0.2) is 0 Å². The maximum Gasteiger partial charge on any atom is 3.00 e. The van der Waals surface area contributed by atoms with Gasteiger partial charge in [-0.15, -0.1) is 0 Å². The Bertz CT molecular complexity index is 65.3. The van der Waals surface area contributed by atoms with E-state index in [2.05, 4.69) is 26.8 Å². The van der Waals surface area contributed by atoms with Crippen molar-refractivity contribution in [1.82, 2.24) is 0 Å². The van der Waals surface area contributed by atoms with Gasteiger partial charge in [0.15, 0.2) is 0 Å². The number of hydrogen-bond donors (Lipinski definition) is 0. The number of hydrogen-bond acceptors (Lipinski definition) is 0. The molecule has 62 valence electrons. The van der Waals surface area contributed by atoms with Crippen molar-refractivity contribution in [3.05, 3.63) is 25.5 Å². The Kier molecular flexibility index (Phi) is 27.6. The normalized spacial score (nSPS) is 8.91. The third-order valence-corrected chi connectivity index (χ3v) is 0.596. The Morgan fingerprint density at radius 1 is 1.45 bits per heavy atom. The summed E-state index contributed by atoms with van der Waals surface area (Å²) in [6.07, 6.45) is 7.93. The van der Waals surface area contributed by atoms with Crippen LogP contribution in [0.25, 0.3) is 0 Å². The SMILES string of the molecule is C[CH-]C.[CH2-]CC=[C-]C(C)C.[Y+3]. The summed E-state index contributed by atoms with van der Waals surface area (Å²) in [5.74, 6) is 0.557. The van der Waals surface area contributed by atoms with E-state index in [1.807, 2.05) is 26.3 Å². The van der Waals surface area contributed by atoms with Gasteiger partial charge in [-0.1, -0.05) is 13.8 Å². The molecule has 0 N–H and O–H groups in total. The molecule has 0 spiro atoms. The van der Waals surface area contributed by atoms with Crippen LogP contribution in [0, 0.1) is 25.3 Å². The van der Waals surface area contributed by atoms with Gasteiger partial charge in [0.1, 0.15) is 0 Å².